The van der Waals surface area contributed by atoms with Gasteiger partial charge in [-0.15, -0.1) is 0 Å². The van der Waals surface area contributed by atoms with Crippen LogP contribution < -0.4 is 0 Å². The number of nitrogens with zero attached hydrogens (tertiary/aromatic N) is 3. The fourth-order valence-electron chi connectivity index (χ4n) is 5.66. The zero-order chi connectivity index (χ0) is 23.7. The van der Waals surface area contributed by atoms with Gasteiger partial charge in [0.15, 0.2) is 5.82 Å². The lowest BCUT2D eigenvalue weighted by Gasteiger charge is -2.35. The van der Waals surface area contributed by atoms with Crippen molar-refractivity contribution >= 4 is 0 Å². The zero-order valence-corrected chi connectivity index (χ0v) is 20.4. The first-order valence-corrected chi connectivity index (χ1v) is 12.3. The Balaban J connectivity index is 1.65. The smallest absolute Gasteiger partial charge is 0.182 e. The number of rotatable bonds is 8. The topological polar surface area (TPSA) is 43.2 Å². The van der Waals surface area contributed by atoms with Gasteiger partial charge in [0.2, 0.25) is 0 Å². The normalized spacial score (nSPS) is 18.1. The van der Waals surface area contributed by atoms with Gasteiger partial charge in [-0.05, 0) is 34.4 Å². The minimum atomic E-state index is -0.644. The molecule has 0 spiro atoms. The van der Waals surface area contributed by atoms with E-state index in [2.05, 4.69) is 119 Å². The standard InChI is InChI=1S/C30H33N3O/c1-21(2)26(22(3)4)27-28(34-27)29-31-20-33(32-29)30(23-14-8-5-9-15-23,24-16-10-6-11-17-24)25-18-12-7-13-19-25/h5-22,26-28H,1-4H3. The van der Waals surface area contributed by atoms with Gasteiger partial charge in [0.1, 0.15) is 18.0 Å². The second-order valence-corrected chi connectivity index (χ2v) is 9.94. The molecule has 0 amide bonds. The summed E-state index contributed by atoms with van der Waals surface area (Å²) in [5.74, 6) is 2.35. The van der Waals surface area contributed by atoms with Gasteiger partial charge in [-0.1, -0.05) is 119 Å². The molecule has 0 saturated carbocycles. The fraction of sp³-hybridized carbons (Fsp3) is 0.333. The zero-order valence-electron chi connectivity index (χ0n) is 20.4. The second-order valence-electron chi connectivity index (χ2n) is 9.94. The molecule has 0 radical (unpaired) electrons. The fourth-order valence-corrected chi connectivity index (χ4v) is 5.66. The summed E-state index contributed by atoms with van der Waals surface area (Å²) in [6, 6.07) is 31.7. The summed E-state index contributed by atoms with van der Waals surface area (Å²) in [7, 11) is 0. The number of epoxide rings is 1. The quantitative estimate of drug-likeness (QED) is 0.227. The van der Waals surface area contributed by atoms with Crippen LogP contribution in [-0.2, 0) is 10.3 Å². The third-order valence-corrected chi connectivity index (χ3v) is 7.13. The van der Waals surface area contributed by atoms with Crippen molar-refractivity contribution < 1.29 is 4.74 Å². The molecule has 4 aromatic rings. The Morgan fingerprint density at radius 3 is 1.56 bits per heavy atom. The van der Waals surface area contributed by atoms with E-state index in [4.69, 9.17) is 14.8 Å². The largest absolute Gasteiger partial charge is 0.361 e. The molecule has 1 saturated heterocycles. The molecule has 1 fully saturated rings. The molecule has 5 rings (SSSR count). The molecule has 1 aromatic heterocycles. The van der Waals surface area contributed by atoms with E-state index in [9.17, 15) is 0 Å². The van der Waals surface area contributed by atoms with Crippen LogP contribution in [0.25, 0.3) is 0 Å². The molecule has 1 aliphatic rings. The molecule has 4 heteroatoms. The van der Waals surface area contributed by atoms with Gasteiger partial charge in [-0.25, -0.2) is 9.67 Å². The van der Waals surface area contributed by atoms with Gasteiger partial charge in [0.25, 0.3) is 0 Å². The highest BCUT2D eigenvalue weighted by atomic mass is 16.6. The number of ether oxygens (including phenoxy) is 1. The highest BCUT2D eigenvalue weighted by molar-refractivity contribution is 5.50. The van der Waals surface area contributed by atoms with Crippen molar-refractivity contribution in [2.45, 2.75) is 45.4 Å². The molecule has 34 heavy (non-hydrogen) atoms. The van der Waals surface area contributed by atoms with E-state index < -0.39 is 5.54 Å². The number of hydrogen-bond acceptors (Lipinski definition) is 3. The Morgan fingerprint density at radius 1 is 0.706 bits per heavy atom. The van der Waals surface area contributed by atoms with Crippen LogP contribution in [0.5, 0.6) is 0 Å². The molecular weight excluding hydrogens is 418 g/mol. The van der Waals surface area contributed by atoms with Gasteiger partial charge in [-0.2, -0.15) is 5.10 Å². The lowest BCUT2D eigenvalue weighted by Crippen LogP contribution is -2.38. The molecule has 1 aliphatic heterocycles. The van der Waals surface area contributed by atoms with Gasteiger partial charge < -0.3 is 4.74 Å². The average molecular weight is 452 g/mol. The van der Waals surface area contributed by atoms with Gasteiger partial charge >= 0.3 is 0 Å². The summed E-state index contributed by atoms with van der Waals surface area (Å²) in [6.45, 7) is 9.11. The maximum atomic E-state index is 6.19. The van der Waals surface area contributed by atoms with E-state index in [1.54, 1.807) is 0 Å². The summed E-state index contributed by atoms with van der Waals surface area (Å²) in [6.07, 6.45) is 2.01. The number of hydrogen-bond donors (Lipinski definition) is 0. The highest BCUT2D eigenvalue weighted by Crippen LogP contribution is 2.47. The maximum absolute atomic E-state index is 6.19. The minimum Gasteiger partial charge on any atom is -0.361 e. The van der Waals surface area contributed by atoms with Crippen LogP contribution in [0.4, 0.5) is 0 Å². The summed E-state index contributed by atoms with van der Waals surface area (Å²) in [5, 5.41) is 5.11. The molecule has 0 aliphatic carbocycles. The van der Waals surface area contributed by atoms with Crippen LogP contribution in [0, 0.1) is 17.8 Å². The van der Waals surface area contributed by atoms with Crippen molar-refractivity contribution in [2.24, 2.45) is 17.8 Å². The van der Waals surface area contributed by atoms with E-state index in [0.717, 1.165) is 22.5 Å². The van der Waals surface area contributed by atoms with Crippen molar-refractivity contribution in [3.8, 4) is 0 Å². The molecular formula is C30H33N3O. The third kappa shape index (κ3) is 3.86. The Bertz CT molecular complexity index is 1100. The first-order valence-electron chi connectivity index (χ1n) is 12.3. The van der Waals surface area contributed by atoms with E-state index in [1.807, 2.05) is 11.0 Å². The first kappa shape index (κ1) is 22.5. The lowest BCUT2D eigenvalue weighted by atomic mass is 9.77. The van der Waals surface area contributed by atoms with E-state index in [1.165, 1.54) is 0 Å². The minimum absolute atomic E-state index is 0.0453. The Labute approximate surface area is 202 Å². The van der Waals surface area contributed by atoms with Crippen LogP contribution >= 0.6 is 0 Å². The van der Waals surface area contributed by atoms with Crippen molar-refractivity contribution in [3.63, 3.8) is 0 Å². The Morgan fingerprint density at radius 2 is 1.15 bits per heavy atom. The Hall–Kier alpha value is -3.24. The third-order valence-electron chi connectivity index (χ3n) is 7.13. The van der Waals surface area contributed by atoms with E-state index in [-0.39, 0.29) is 12.2 Å². The monoisotopic (exact) mass is 451 g/mol. The molecule has 4 nitrogen and oxygen atoms in total. The molecule has 0 bridgehead atoms. The lowest BCUT2D eigenvalue weighted by molar-refractivity contribution is 0.212. The van der Waals surface area contributed by atoms with E-state index in [0.29, 0.717) is 17.8 Å². The predicted molar refractivity (Wildman–Crippen MR) is 135 cm³/mol. The molecule has 174 valence electrons. The predicted octanol–water partition coefficient (Wildman–Crippen LogP) is 6.49. The summed E-state index contributed by atoms with van der Waals surface area (Å²) in [5.41, 5.74) is 2.77. The molecule has 2 heterocycles. The van der Waals surface area contributed by atoms with Crippen LogP contribution in [0.15, 0.2) is 97.3 Å². The first-order chi connectivity index (χ1) is 16.5. The number of aromatic nitrogens is 3. The van der Waals surface area contributed by atoms with Crippen molar-refractivity contribution in [1.29, 1.82) is 0 Å². The van der Waals surface area contributed by atoms with Gasteiger partial charge in [-0.3, -0.25) is 0 Å². The summed E-state index contributed by atoms with van der Waals surface area (Å²) < 4.78 is 8.22. The van der Waals surface area contributed by atoms with Crippen molar-refractivity contribution in [2.75, 3.05) is 0 Å². The summed E-state index contributed by atoms with van der Waals surface area (Å²) >= 11 is 0. The van der Waals surface area contributed by atoms with Gasteiger partial charge in [0.05, 0.1) is 6.10 Å². The van der Waals surface area contributed by atoms with Gasteiger partial charge in [0, 0.05) is 0 Å². The molecule has 2 atom stereocenters. The molecule has 3 aromatic carbocycles. The summed E-state index contributed by atoms with van der Waals surface area (Å²) in [4.78, 5) is 4.80. The molecule has 0 N–H and O–H groups in total. The van der Waals surface area contributed by atoms with Crippen molar-refractivity contribution in [3.05, 3.63) is 120 Å². The maximum Gasteiger partial charge on any atom is 0.182 e. The van der Waals surface area contributed by atoms with Crippen LogP contribution in [0.2, 0.25) is 0 Å². The van der Waals surface area contributed by atoms with Crippen LogP contribution in [0.1, 0.15) is 56.3 Å². The van der Waals surface area contributed by atoms with Crippen molar-refractivity contribution in [1.82, 2.24) is 14.8 Å². The average Bonchev–Trinajstić information content (AvgIpc) is 3.46. The van der Waals surface area contributed by atoms with E-state index >= 15 is 0 Å². The SMILES string of the molecule is CC(C)C(C(C)C)C1OC1c1ncn(C(c2ccccc2)(c2ccccc2)c2ccccc2)n1. The Kier molecular flexibility index (Phi) is 6.09. The highest BCUT2D eigenvalue weighted by Gasteiger charge is 2.50. The van der Waals surface area contributed by atoms with Crippen LogP contribution in [0.3, 0.4) is 0 Å². The van der Waals surface area contributed by atoms with Crippen LogP contribution in [-0.4, -0.2) is 20.9 Å². The molecule has 2 unspecified atom stereocenters. The number of benzene rings is 3. The second kappa shape index (κ2) is 9.19.